The molecule has 2 rings (SSSR count). The molecule has 1 aromatic carbocycles. The van der Waals surface area contributed by atoms with Crippen molar-refractivity contribution in [1.29, 1.82) is 0 Å². The molecule has 0 fully saturated rings. The normalized spacial score (nSPS) is 10.7. The van der Waals surface area contributed by atoms with Gasteiger partial charge in [-0.25, -0.2) is 4.79 Å². The van der Waals surface area contributed by atoms with Gasteiger partial charge < -0.3 is 14.5 Å². The van der Waals surface area contributed by atoms with Gasteiger partial charge in [0.1, 0.15) is 6.29 Å². The van der Waals surface area contributed by atoms with Gasteiger partial charge in [0.2, 0.25) is 0 Å². The lowest BCUT2D eigenvalue weighted by Crippen LogP contribution is -2.15. The van der Waals surface area contributed by atoms with Crippen LogP contribution in [0.15, 0.2) is 27.4 Å². The van der Waals surface area contributed by atoms with Crippen LogP contribution in [0.25, 0.3) is 11.1 Å². The van der Waals surface area contributed by atoms with E-state index in [0.717, 1.165) is 11.8 Å². The van der Waals surface area contributed by atoms with Crippen molar-refractivity contribution in [3.8, 4) is 0 Å². The van der Waals surface area contributed by atoms with E-state index in [9.17, 15) is 9.59 Å². The van der Waals surface area contributed by atoms with Crippen LogP contribution in [0.3, 0.4) is 0 Å². The number of rotatable bonds is 4. The Balaban J connectivity index is 2.22. The highest BCUT2D eigenvalue weighted by Gasteiger charge is 2.01. The van der Waals surface area contributed by atoms with Crippen LogP contribution in [0.5, 0.6) is 0 Å². The molecule has 2 aromatic rings. The Morgan fingerprint density at radius 2 is 2.33 bits per heavy atom. The van der Waals surface area contributed by atoms with Gasteiger partial charge in [0.05, 0.1) is 12.1 Å². The van der Waals surface area contributed by atoms with Crippen LogP contribution in [0, 0.1) is 0 Å². The van der Waals surface area contributed by atoms with Gasteiger partial charge in [-0.2, -0.15) is 0 Å². The highest BCUT2D eigenvalue weighted by atomic mass is 16.4. The number of hydrogen-bond donors (Lipinski definition) is 2. The molecule has 0 spiro atoms. The van der Waals surface area contributed by atoms with Crippen LogP contribution in [0.4, 0.5) is 0 Å². The van der Waals surface area contributed by atoms with Crippen molar-refractivity contribution >= 4 is 17.4 Å². The smallest absolute Gasteiger partial charge is 0.408 e. The molecule has 2 N–H and O–H groups in total. The predicted octanol–water partition coefficient (Wildman–Crippen LogP) is 0.410. The van der Waals surface area contributed by atoms with Crippen molar-refractivity contribution in [2.45, 2.75) is 6.54 Å². The number of carbonyl (C=O) groups excluding carboxylic acids is 1. The molecule has 15 heavy (non-hydrogen) atoms. The van der Waals surface area contributed by atoms with E-state index in [4.69, 9.17) is 4.42 Å². The van der Waals surface area contributed by atoms with Gasteiger partial charge in [0.15, 0.2) is 5.58 Å². The zero-order chi connectivity index (χ0) is 10.7. The number of aldehydes is 1. The molecule has 1 heterocycles. The second kappa shape index (κ2) is 4.10. The molecule has 0 amide bonds. The Bertz CT molecular complexity index is 527. The molecule has 78 valence electrons. The second-order valence-corrected chi connectivity index (χ2v) is 3.14. The number of aromatic nitrogens is 1. The molecule has 0 aliphatic heterocycles. The molecule has 0 saturated carbocycles. The highest BCUT2D eigenvalue weighted by molar-refractivity contribution is 5.72. The van der Waals surface area contributed by atoms with E-state index in [1.807, 2.05) is 6.07 Å². The van der Waals surface area contributed by atoms with Crippen molar-refractivity contribution < 1.29 is 9.21 Å². The van der Waals surface area contributed by atoms with Gasteiger partial charge in [-0.15, -0.1) is 0 Å². The largest absolute Gasteiger partial charge is 0.417 e. The minimum atomic E-state index is -0.456. The molecule has 5 heteroatoms. The number of aromatic amines is 1. The third kappa shape index (κ3) is 2.13. The number of hydrogen-bond acceptors (Lipinski definition) is 4. The Morgan fingerprint density at radius 1 is 1.47 bits per heavy atom. The summed E-state index contributed by atoms with van der Waals surface area (Å²) in [5, 5.41) is 2.92. The molecule has 0 atom stereocenters. The Labute approximate surface area is 85.1 Å². The summed E-state index contributed by atoms with van der Waals surface area (Å²) < 4.78 is 4.91. The first-order valence-electron chi connectivity index (χ1n) is 4.56. The number of benzene rings is 1. The summed E-state index contributed by atoms with van der Waals surface area (Å²) >= 11 is 0. The fourth-order valence-corrected chi connectivity index (χ4v) is 1.38. The highest BCUT2D eigenvalue weighted by Crippen LogP contribution is 2.11. The van der Waals surface area contributed by atoms with Crippen LogP contribution in [0.2, 0.25) is 0 Å². The molecule has 0 saturated heterocycles. The first-order valence-corrected chi connectivity index (χ1v) is 4.56. The van der Waals surface area contributed by atoms with Crippen molar-refractivity contribution in [2.24, 2.45) is 0 Å². The van der Waals surface area contributed by atoms with E-state index >= 15 is 0 Å². The van der Waals surface area contributed by atoms with E-state index in [0.29, 0.717) is 24.2 Å². The average Bonchev–Trinajstić information content (AvgIpc) is 2.57. The molecule has 0 aliphatic rings. The summed E-state index contributed by atoms with van der Waals surface area (Å²) in [7, 11) is 0. The number of fused-ring (bicyclic) bond motifs is 1. The second-order valence-electron chi connectivity index (χ2n) is 3.14. The lowest BCUT2D eigenvalue weighted by molar-refractivity contribution is -0.107. The molecule has 0 aliphatic carbocycles. The summed E-state index contributed by atoms with van der Waals surface area (Å²) in [6.07, 6.45) is 0.801. The molecule has 0 bridgehead atoms. The van der Waals surface area contributed by atoms with Gasteiger partial charge >= 0.3 is 5.76 Å². The molecule has 5 nitrogen and oxygen atoms in total. The van der Waals surface area contributed by atoms with Gasteiger partial charge in [0, 0.05) is 6.54 Å². The number of carbonyl (C=O) groups is 1. The van der Waals surface area contributed by atoms with Gasteiger partial charge in [0.25, 0.3) is 0 Å². The third-order valence-electron chi connectivity index (χ3n) is 2.04. The van der Waals surface area contributed by atoms with Crippen molar-refractivity contribution in [2.75, 3.05) is 6.54 Å². The first kappa shape index (κ1) is 9.67. The number of oxazole rings is 1. The van der Waals surface area contributed by atoms with Crippen LogP contribution in [-0.4, -0.2) is 17.8 Å². The SMILES string of the molecule is O=CCNCc1ccc2[nH]c(=O)oc2c1. The van der Waals surface area contributed by atoms with E-state index in [1.165, 1.54) is 0 Å². The number of H-pyrrole nitrogens is 1. The maximum Gasteiger partial charge on any atom is 0.417 e. The van der Waals surface area contributed by atoms with Gasteiger partial charge in [-0.05, 0) is 17.7 Å². The Hall–Kier alpha value is -1.88. The maximum atomic E-state index is 10.9. The summed E-state index contributed by atoms with van der Waals surface area (Å²) in [6, 6.07) is 5.41. The Kier molecular flexibility index (Phi) is 2.64. The van der Waals surface area contributed by atoms with E-state index in [-0.39, 0.29) is 0 Å². The van der Waals surface area contributed by atoms with E-state index < -0.39 is 5.76 Å². The standard InChI is InChI=1S/C10H10N2O3/c13-4-3-11-6-7-1-2-8-9(5-7)15-10(14)12-8/h1-2,4-5,11H,3,6H2,(H,12,14). The van der Waals surface area contributed by atoms with Crippen LogP contribution in [0.1, 0.15) is 5.56 Å². The first-order chi connectivity index (χ1) is 7.29. The lowest BCUT2D eigenvalue weighted by atomic mass is 10.2. The molecular formula is C10H10N2O3. The van der Waals surface area contributed by atoms with Crippen LogP contribution in [-0.2, 0) is 11.3 Å². The molecular weight excluding hydrogens is 196 g/mol. The quantitative estimate of drug-likeness (QED) is 0.561. The minimum absolute atomic E-state index is 0.315. The fraction of sp³-hybridized carbons (Fsp3) is 0.200. The van der Waals surface area contributed by atoms with Gasteiger partial charge in [-0.3, -0.25) is 4.98 Å². The summed E-state index contributed by atoms with van der Waals surface area (Å²) in [6.45, 7) is 0.888. The molecule has 0 unspecified atom stereocenters. The molecule has 0 radical (unpaired) electrons. The van der Waals surface area contributed by atoms with Crippen LogP contribution < -0.4 is 11.1 Å². The van der Waals surface area contributed by atoms with Crippen molar-refractivity contribution in [3.05, 3.63) is 34.3 Å². The van der Waals surface area contributed by atoms with E-state index in [2.05, 4.69) is 10.3 Å². The predicted molar refractivity (Wildman–Crippen MR) is 54.6 cm³/mol. The summed E-state index contributed by atoms with van der Waals surface area (Å²) in [5.41, 5.74) is 2.18. The summed E-state index contributed by atoms with van der Waals surface area (Å²) in [5.74, 6) is -0.456. The van der Waals surface area contributed by atoms with Crippen LogP contribution >= 0.6 is 0 Å². The zero-order valence-electron chi connectivity index (χ0n) is 7.95. The third-order valence-corrected chi connectivity index (χ3v) is 2.04. The van der Waals surface area contributed by atoms with Crippen molar-refractivity contribution in [3.63, 3.8) is 0 Å². The maximum absolute atomic E-state index is 10.9. The fourth-order valence-electron chi connectivity index (χ4n) is 1.38. The summed E-state index contributed by atoms with van der Waals surface area (Å²) in [4.78, 5) is 23.5. The van der Waals surface area contributed by atoms with E-state index in [1.54, 1.807) is 12.1 Å². The van der Waals surface area contributed by atoms with Gasteiger partial charge in [-0.1, -0.05) is 6.07 Å². The zero-order valence-corrected chi connectivity index (χ0v) is 7.95. The minimum Gasteiger partial charge on any atom is -0.408 e. The average molecular weight is 206 g/mol. The van der Waals surface area contributed by atoms with Crippen molar-refractivity contribution in [1.82, 2.24) is 10.3 Å². The number of nitrogens with one attached hydrogen (secondary N) is 2. The monoisotopic (exact) mass is 206 g/mol. The molecule has 1 aromatic heterocycles. The lowest BCUT2D eigenvalue weighted by Gasteiger charge is -1.99. The Morgan fingerprint density at radius 3 is 3.13 bits per heavy atom. The topological polar surface area (TPSA) is 75.1 Å².